The van der Waals surface area contributed by atoms with Crippen molar-refractivity contribution in [3.05, 3.63) is 0 Å². The Morgan fingerprint density at radius 2 is 0.556 bits per heavy atom. The SMILES string of the molecule is CCC(C)CCCCCCCCCCCCCCCCC(=O)OC[C@H](COC(=O)CCCCCCCCCCC(C)CC)OC(=O)CCCCCCCCCCCCCCC(C)C. The van der Waals surface area contributed by atoms with Crippen molar-refractivity contribution in [3.8, 4) is 0 Å². The summed E-state index contributed by atoms with van der Waals surface area (Å²) in [5.41, 5.74) is 0. The van der Waals surface area contributed by atoms with E-state index >= 15 is 0 Å². The fourth-order valence-electron chi connectivity index (χ4n) is 8.58. The molecule has 0 fully saturated rings. The first-order valence-corrected chi connectivity index (χ1v) is 28.2. The quantitative estimate of drug-likeness (QED) is 0.0344. The van der Waals surface area contributed by atoms with E-state index in [2.05, 4.69) is 41.5 Å². The second kappa shape index (κ2) is 48.3. The molecule has 0 aliphatic carbocycles. The Labute approximate surface area is 393 Å². The van der Waals surface area contributed by atoms with Gasteiger partial charge < -0.3 is 14.2 Å². The van der Waals surface area contributed by atoms with Gasteiger partial charge in [0, 0.05) is 19.3 Å². The van der Waals surface area contributed by atoms with Gasteiger partial charge in [-0.05, 0) is 37.0 Å². The Morgan fingerprint density at radius 1 is 0.317 bits per heavy atom. The molecular weight excluding hydrogens is 781 g/mol. The lowest BCUT2D eigenvalue weighted by Gasteiger charge is -2.18. The van der Waals surface area contributed by atoms with Crippen LogP contribution in [0.1, 0.15) is 311 Å². The summed E-state index contributed by atoms with van der Waals surface area (Å²) in [5, 5.41) is 0. The van der Waals surface area contributed by atoms with Crippen molar-refractivity contribution in [1.29, 1.82) is 0 Å². The standard InChI is InChI=1S/C57H110O6/c1-7-52(5)44-38-32-26-20-16-11-9-10-12-17-21-28-34-40-46-55(58)61-49-54(50-62-56(59)47-41-35-29-24-23-27-33-39-45-53(6)8-2)63-57(60)48-42-36-30-22-18-14-13-15-19-25-31-37-43-51(3)4/h51-54H,7-50H2,1-6H3/t52?,53?,54-/m1/s1. The van der Waals surface area contributed by atoms with Crippen LogP contribution in [0, 0.1) is 17.8 Å². The van der Waals surface area contributed by atoms with Crippen molar-refractivity contribution in [3.63, 3.8) is 0 Å². The molecule has 0 aromatic heterocycles. The molecule has 0 amide bonds. The molecular formula is C57H110O6. The van der Waals surface area contributed by atoms with Crippen molar-refractivity contribution in [1.82, 2.24) is 0 Å². The highest BCUT2D eigenvalue weighted by molar-refractivity contribution is 5.71. The Kier molecular flexibility index (Phi) is 47.1. The summed E-state index contributed by atoms with van der Waals surface area (Å²) in [4.78, 5) is 38.1. The molecule has 0 radical (unpaired) electrons. The molecule has 6 nitrogen and oxygen atoms in total. The van der Waals surface area contributed by atoms with E-state index in [0.717, 1.165) is 75.5 Å². The highest BCUT2D eigenvalue weighted by Gasteiger charge is 2.19. The van der Waals surface area contributed by atoms with Gasteiger partial charge in [0.2, 0.25) is 0 Å². The minimum Gasteiger partial charge on any atom is -0.462 e. The first-order chi connectivity index (χ1) is 30.7. The zero-order valence-corrected chi connectivity index (χ0v) is 43.4. The third-order valence-electron chi connectivity index (χ3n) is 13.6. The van der Waals surface area contributed by atoms with Crippen LogP contribution in [0.2, 0.25) is 0 Å². The molecule has 374 valence electrons. The van der Waals surface area contributed by atoms with Gasteiger partial charge in [0.15, 0.2) is 6.10 Å². The number of rotatable bonds is 50. The second-order valence-electron chi connectivity index (χ2n) is 20.5. The van der Waals surface area contributed by atoms with Gasteiger partial charge in [0.25, 0.3) is 0 Å². The monoisotopic (exact) mass is 891 g/mol. The lowest BCUT2D eigenvalue weighted by molar-refractivity contribution is -0.167. The zero-order chi connectivity index (χ0) is 46.3. The Balaban J connectivity index is 4.30. The molecule has 0 saturated heterocycles. The Bertz CT molecular complexity index is 980. The van der Waals surface area contributed by atoms with Gasteiger partial charge in [-0.2, -0.15) is 0 Å². The predicted octanol–water partition coefficient (Wildman–Crippen LogP) is 18.3. The average molecular weight is 892 g/mol. The maximum atomic E-state index is 12.8. The number of carbonyl (C=O) groups is 3. The van der Waals surface area contributed by atoms with Gasteiger partial charge >= 0.3 is 17.9 Å². The summed E-state index contributed by atoms with van der Waals surface area (Å²) in [6.45, 7) is 13.8. The molecule has 0 saturated carbocycles. The summed E-state index contributed by atoms with van der Waals surface area (Å²) in [7, 11) is 0. The van der Waals surface area contributed by atoms with E-state index in [4.69, 9.17) is 14.2 Å². The molecule has 0 heterocycles. The van der Waals surface area contributed by atoms with E-state index in [1.807, 2.05) is 0 Å². The van der Waals surface area contributed by atoms with Crippen LogP contribution in [0.15, 0.2) is 0 Å². The van der Waals surface area contributed by atoms with Crippen LogP contribution in [-0.4, -0.2) is 37.2 Å². The van der Waals surface area contributed by atoms with Crippen LogP contribution < -0.4 is 0 Å². The molecule has 0 aliphatic heterocycles. The van der Waals surface area contributed by atoms with Gasteiger partial charge in [-0.3, -0.25) is 14.4 Å². The number of esters is 3. The molecule has 63 heavy (non-hydrogen) atoms. The van der Waals surface area contributed by atoms with E-state index in [0.29, 0.717) is 19.3 Å². The molecule has 6 heteroatoms. The number of hydrogen-bond donors (Lipinski definition) is 0. The predicted molar refractivity (Wildman–Crippen MR) is 270 cm³/mol. The average Bonchev–Trinajstić information content (AvgIpc) is 3.27. The van der Waals surface area contributed by atoms with Crippen molar-refractivity contribution >= 4 is 17.9 Å². The van der Waals surface area contributed by atoms with Crippen LogP contribution in [0.5, 0.6) is 0 Å². The number of unbranched alkanes of at least 4 members (excludes halogenated alkanes) is 31. The van der Waals surface area contributed by atoms with Gasteiger partial charge in [-0.25, -0.2) is 0 Å². The van der Waals surface area contributed by atoms with E-state index in [9.17, 15) is 14.4 Å². The molecule has 0 aliphatic rings. The Hall–Kier alpha value is -1.59. The largest absolute Gasteiger partial charge is 0.462 e. The van der Waals surface area contributed by atoms with Crippen molar-refractivity contribution in [2.75, 3.05) is 13.2 Å². The van der Waals surface area contributed by atoms with Crippen molar-refractivity contribution in [2.24, 2.45) is 17.8 Å². The topological polar surface area (TPSA) is 78.9 Å². The fraction of sp³-hybridized carbons (Fsp3) is 0.947. The van der Waals surface area contributed by atoms with Crippen LogP contribution >= 0.6 is 0 Å². The van der Waals surface area contributed by atoms with E-state index in [-0.39, 0.29) is 31.1 Å². The molecule has 0 N–H and O–H groups in total. The lowest BCUT2D eigenvalue weighted by Crippen LogP contribution is -2.30. The van der Waals surface area contributed by atoms with E-state index in [1.165, 1.54) is 193 Å². The fourth-order valence-corrected chi connectivity index (χ4v) is 8.58. The van der Waals surface area contributed by atoms with Crippen LogP contribution in [0.4, 0.5) is 0 Å². The van der Waals surface area contributed by atoms with Gasteiger partial charge in [0.05, 0.1) is 0 Å². The molecule has 0 spiro atoms. The molecule has 0 aromatic carbocycles. The number of carbonyl (C=O) groups excluding carboxylic acids is 3. The van der Waals surface area contributed by atoms with Crippen molar-refractivity contribution < 1.29 is 28.6 Å². The first kappa shape index (κ1) is 61.4. The third kappa shape index (κ3) is 48.2. The smallest absolute Gasteiger partial charge is 0.306 e. The minimum atomic E-state index is -0.764. The van der Waals surface area contributed by atoms with E-state index in [1.54, 1.807) is 0 Å². The van der Waals surface area contributed by atoms with Crippen LogP contribution in [-0.2, 0) is 28.6 Å². The lowest BCUT2D eigenvalue weighted by atomic mass is 9.99. The summed E-state index contributed by atoms with van der Waals surface area (Å²) in [5.74, 6) is 1.73. The minimum absolute atomic E-state index is 0.0641. The second-order valence-corrected chi connectivity index (χ2v) is 20.5. The molecule has 0 rings (SSSR count). The number of ether oxygens (including phenoxy) is 3. The van der Waals surface area contributed by atoms with Crippen molar-refractivity contribution in [2.45, 2.75) is 317 Å². The molecule has 3 atom stereocenters. The van der Waals surface area contributed by atoms with E-state index < -0.39 is 6.10 Å². The summed E-state index contributed by atoms with van der Waals surface area (Å²) >= 11 is 0. The zero-order valence-electron chi connectivity index (χ0n) is 43.4. The van der Waals surface area contributed by atoms with Gasteiger partial charge in [-0.1, -0.05) is 273 Å². The highest BCUT2D eigenvalue weighted by atomic mass is 16.6. The normalized spacial score (nSPS) is 13.0. The summed E-state index contributed by atoms with van der Waals surface area (Å²) in [6.07, 6.45) is 49.4. The van der Waals surface area contributed by atoms with Gasteiger partial charge in [0.1, 0.15) is 13.2 Å². The number of hydrogen-bond acceptors (Lipinski definition) is 6. The molecule has 0 aromatic rings. The Morgan fingerprint density at radius 3 is 0.825 bits per heavy atom. The maximum Gasteiger partial charge on any atom is 0.306 e. The third-order valence-corrected chi connectivity index (χ3v) is 13.6. The first-order valence-electron chi connectivity index (χ1n) is 28.2. The van der Waals surface area contributed by atoms with Gasteiger partial charge in [-0.15, -0.1) is 0 Å². The maximum absolute atomic E-state index is 12.8. The molecule has 0 bridgehead atoms. The van der Waals surface area contributed by atoms with Crippen LogP contribution in [0.3, 0.4) is 0 Å². The summed E-state index contributed by atoms with van der Waals surface area (Å²) < 4.78 is 16.9. The highest BCUT2D eigenvalue weighted by Crippen LogP contribution is 2.19. The molecule has 2 unspecified atom stereocenters. The van der Waals surface area contributed by atoms with Crippen LogP contribution in [0.25, 0.3) is 0 Å². The summed E-state index contributed by atoms with van der Waals surface area (Å²) in [6, 6.07) is 0.